The van der Waals surface area contributed by atoms with E-state index < -0.39 is 87.1 Å². The van der Waals surface area contributed by atoms with Crippen molar-refractivity contribution in [2.45, 2.75) is 43.4 Å². The summed E-state index contributed by atoms with van der Waals surface area (Å²) in [5.41, 5.74) is -5.98. The molecule has 0 bridgehead atoms. The lowest BCUT2D eigenvalue weighted by Gasteiger charge is -2.40. The van der Waals surface area contributed by atoms with Crippen LogP contribution < -0.4 is 4.74 Å². The van der Waals surface area contributed by atoms with Crippen molar-refractivity contribution < 1.29 is 40.0 Å². The van der Waals surface area contributed by atoms with Gasteiger partial charge in [-0.25, -0.2) is 0 Å². The zero-order valence-corrected chi connectivity index (χ0v) is 10.1. The van der Waals surface area contributed by atoms with Crippen LogP contribution in [0, 0.1) is 0 Å². The van der Waals surface area contributed by atoms with E-state index in [0.717, 1.165) is 0 Å². The SMILES string of the molecule is [2H]C([2H])([2H])Oc1ccc(C([2H])(C([2H])([2H])N(C([2H])([2H])[2H])C([2H])([2H])[2H])C2(O)C([2H])([2H])C([2H])([2H])C([2H])([2H])C([2H])([2H])C2([2H])[2H])cc1. The molecule has 1 aromatic rings. The predicted octanol–water partition coefficient (Wildman–Crippen LogP) is 3.04. The Bertz CT molecular complexity index is 1120. The van der Waals surface area contributed by atoms with Crippen LogP contribution in [0.15, 0.2) is 24.3 Å². The fraction of sp³-hybridized carbons (Fsp3) is 0.647. The summed E-state index contributed by atoms with van der Waals surface area (Å²) < 4.78 is 182. The normalized spacial score (nSPS) is 52.9. The number of likely N-dealkylation sites (N-methyl/N-ethyl adjacent to an activating group) is 1. The maximum Gasteiger partial charge on any atom is 0.118 e. The largest absolute Gasteiger partial charge is 0.497 e. The number of aliphatic hydroxyl groups is 1. The summed E-state index contributed by atoms with van der Waals surface area (Å²) in [7, 11) is -3.07. The Hall–Kier alpha value is -1.06. The van der Waals surface area contributed by atoms with Crippen molar-refractivity contribution in [1.29, 1.82) is 0 Å². The molecular weight excluding hydrogens is 250 g/mol. The molecule has 1 atom stereocenters. The van der Waals surface area contributed by atoms with E-state index in [1.54, 1.807) is 0 Å². The standard InChI is InChI=1S/C17H27NO2/c1-18(2)13-16(17(19)11-5-4-6-12-17)14-7-9-15(20-3)10-8-14/h7-10,16,19H,4-6,11-13H2,1-3H3/i1D3,2D3,3D3,4D2,5D2,6D2,11D2,12D2,13D2,16D. The highest BCUT2D eigenvalue weighted by Crippen LogP contribution is 2.40. The molecule has 3 nitrogen and oxygen atoms in total. The molecule has 1 unspecified atom stereocenters. The van der Waals surface area contributed by atoms with E-state index in [4.69, 9.17) is 28.8 Å². The van der Waals surface area contributed by atoms with Crippen LogP contribution in [0.2, 0.25) is 0 Å². The van der Waals surface area contributed by atoms with Gasteiger partial charge >= 0.3 is 0 Å². The molecule has 1 aliphatic rings. The Labute approximate surface area is 153 Å². The monoisotopic (exact) mass is 299 g/mol. The van der Waals surface area contributed by atoms with Crippen molar-refractivity contribution in [3.63, 3.8) is 0 Å². The molecule has 0 amide bonds. The van der Waals surface area contributed by atoms with Gasteiger partial charge in [-0.05, 0) is 44.4 Å². The smallest absolute Gasteiger partial charge is 0.118 e. The average Bonchev–Trinajstić information content (AvgIpc) is 2.73. The maximum absolute atomic E-state index is 12.0. The highest BCUT2D eigenvalue weighted by atomic mass is 16.5. The van der Waals surface area contributed by atoms with Crippen molar-refractivity contribution >= 4 is 0 Å². The summed E-state index contributed by atoms with van der Waals surface area (Å²) >= 11 is 0. The predicted molar refractivity (Wildman–Crippen MR) is 82.3 cm³/mol. The van der Waals surface area contributed by atoms with E-state index in [9.17, 15) is 6.48 Å². The molecule has 0 heterocycles. The second kappa shape index (κ2) is 6.59. The lowest BCUT2D eigenvalue weighted by atomic mass is 9.72. The maximum atomic E-state index is 12.0. The van der Waals surface area contributed by atoms with Crippen LogP contribution in [0.4, 0.5) is 0 Å². The average molecular weight is 300 g/mol. The molecule has 112 valence electrons. The molecule has 1 fully saturated rings. The van der Waals surface area contributed by atoms with Gasteiger partial charge in [0.2, 0.25) is 0 Å². The van der Waals surface area contributed by atoms with Crippen LogP contribution in [-0.2, 0) is 0 Å². The van der Waals surface area contributed by atoms with Gasteiger partial charge in [0.15, 0.2) is 0 Å². The van der Waals surface area contributed by atoms with Gasteiger partial charge in [0.05, 0.1) is 16.8 Å². The molecule has 20 heavy (non-hydrogen) atoms. The number of nitrogens with zero attached hydrogens (tertiary/aromatic N) is 1. The summed E-state index contributed by atoms with van der Waals surface area (Å²) in [5, 5.41) is 12.0. The lowest BCUT2D eigenvalue weighted by molar-refractivity contribution is -0.0277. The third kappa shape index (κ3) is 3.53. The molecule has 1 saturated carbocycles. The van der Waals surface area contributed by atoms with Crippen molar-refractivity contribution in [2.24, 2.45) is 0 Å². The van der Waals surface area contributed by atoms with Gasteiger partial charge in [-0.1, -0.05) is 31.3 Å². The number of benzene rings is 1. The van der Waals surface area contributed by atoms with Gasteiger partial charge in [0.25, 0.3) is 0 Å². The highest BCUT2D eigenvalue weighted by molar-refractivity contribution is 5.31. The topological polar surface area (TPSA) is 32.7 Å². The van der Waals surface area contributed by atoms with Crippen LogP contribution in [0.25, 0.3) is 0 Å². The summed E-state index contributed by atoms with van der Waals surface area (Å²) in [5.74, 6) is -4.93. The minimum Gasteiger partial charge on any atom is -0.497 e. The van der Waals surface area contributed by atoms with Gasteiger partial charge < -0.3 is 14.7 Å². The number of hydrogen-bond donors (Lipinski definition) is 1. The zero-order chi connectivity index (χ0) is 33.8. The zero-order valence-electron chi connectivity index (χ0n) is 32.1. The Morgan fingerprint density at radius 3 is 2.70 bits per heavy atom. The fourth-order valence-electron chi connectivity index (χ4n) is 1.59. The van der Waals surface area contributed by atoms with Gasteiger partial charge in [-0.3, -0.25) is 0 Å². The minimum atomic E-state index is -4.80. The third-order valence-electron chi connectivity index (χ3n) is 2.46. The molecule has 1 aromatic carbocycles. The van der Waals surface area contributed by atoms with Crippen LogP contribution in [0.5, 0.6) is 5.75 Å². The first-order valence-corrected chi connectivity index (χ1v) is 5.37. The molecular formula is C17H27NO2. The van der Waals surface area contributed by atoms with Gasteiger partial charge in [0, 0.05) is 38.4 Å². The molecule has 0 radical (unpaired) electrons. The van der Waals surface area contributed by atoms with Crippen molar-refractivity contribution in [2.75, 3.05) is 27.5 Å². The quantitative estimate of drug-likeness (QED) is 0.907. The highest BCUT2D eigenvalue weighted by Gasteiger charge is 2.38. The van der Waals surface area contributed by atoms with Crippen LogP contribution in [0.3, 0.4) is 0 Å². The van der Waals surface area contributed by atoms with Crippen LogP contribution in [-0.4, -0.2) is 43.1 Å². The Balaban J connectivity index is 3.25. The molecule has 0 aromatic heterocycles. The molecule has 1 aliphatic carbocycles. The van der Waals surface area contributed by atoms with E-state index >= 15 is 0 Å². The van der Waals surface area contributed by atoms with E-state index in [2.05, 4.69) is 4.74 Å². The van der Waals surface area contributed by atoms with Crippen LogP contribution in [0.1, 0.15) is 73.5 Å². The molecule has 0 aliphatic heterocycles. The number of ether oxygens (including phenoxy) is 1. The van der Waals surface area contributed by atoms with Gasteiger partial charge in [-0.2, -0.15) is 0 Å². The van der Waals surface area contributed by atoms with E-state index in [1.165, 1.54) is 0 Å². The minimum absolute atomic E-state index is 0.516. The Morgan fingerprint density at radius 2 is 2.10 bits per heavy atom. The molecule has 1 N–H and O–H groups in total. The summed E-state index contributed by atoms with van der Waals surface area (Å²) in [4.78, 5) is -0.953. The second-order valence-corrected chi connectivity index (χ2v) is 3.78. The summed E-state index contributed by atoms with van der Waals surface area (Å²) in [6.07, 6.45) is -21.8. The molecule has 0 spiro atoms. The number of methoxy groups -OCH3 is 1. The number of rotatable bonds is 5. The van der Waals surface area contributed by atoms with Gasteiger partial charge in [-0.15, -0.1) is 0 Å². The van der Waals surface area contributed by atoms with Crippen LogP contribution >= 0.6 is 0 Å². The summed E-state index contributed by atoms with van der Waals surface area (Å²) in [6.45, 7) is -12.6. The third-order valence-corrected chi connectivity index (χ3v) is 2.46. The summed E-state index contributed by atoms with van der Waals surface area (Å²) in [6, 6.07) is 2.38. The van der Waals surface area contributed by atoms with E-state index in [0.29, 0.717) is 24.3 Å². The van der Waals surface area contributed by atoms with E-state index in [1.807, 2.05) is 0 Å². The molecule has 2 rings (SSSR count). The van der Waals surface area contributed by atoms with Crippen molar-refractivity contribution in [3.8, 4) is 5.75 Å². The first kappa shape index (κ1) is 3.47. The Morgan fingerprint density at radius 1 is 1.40 bits per heavy atom. The first-order valence-electron chi connectivity index (χ1n) is 16.4. The lowest BCUT2D eigenvalue weighted by Crippen LogP contribution is -2.42. The van der Waals surface area contributed by atoms with E-state index in [-0.39, 0.29) is 0 Å². The van der Waals surface area contributed by atoms with Crippen molar-refractivity contribution in [3.05, 3.63) is 29.8 Å². The molecule has 3 heteroatoms. The Kier molecular flexibility index (Phi) is 1.14. The number of hydrogen-bond acceptors (Lipinski definition) is 3. The molecule has 0 saturated heterocycles. The fourth-order valence-corrected chi connectivity index (χ4v) is 1.59. The first-order chi connectivity index (χ1) is 18.0. The van der Waals surface area contributed by atoms with Gasteiger partial charge in [0.1, 0.15) is 5.75 Å². The van der Waals surface area contributed by atoms with Crippen molar-refractivity contribution in [1.82, 2.24) is 4.90 Å². The second-order valence-electron chi connectivity index (χ2n) is 3.78.